The molecule has 3 heteroatoms. The van der Waals surface area contributed by atoms with E-state index in [2.05, 4.69) is 5.32 Å². The average molecular weight is 158 g/mol. The van der Waals surface area contributed by atoms with Gasteiger partial charge < -0.3 is 16.2 Å². The zero-order valence-corrected chi connectivity index (χ0v) is 7.35. The van der Waals surface area contributed by atoms with Gasteiger partial charge in [0, 0.05) is 13.1 Å². The van der Waals surface area contributed by atoms with Crippen molar-refractivity contribution < 1.29 is 5.11 Å². The molecule has 0 aromatic heterocycles. The van der Waals surface area contributed by atoms with Gasteiger partial charge in [0.15, 0.2) is 0 Å². The molecular weight excluding hydrogens is 140 g/mol. The molecule has 1 aliphatic rings. The predicted octanol–water partition coefficient (Wildman–Crippen LogP) is -0.162. The quantitative estimate of drug-likeness (QED) is 0.535. The summed E-state index contributed by atoms with van der Waals surface area (Å²) in [5, 5.41) is 13.1. The molecule has 0 saturated carbocycles. The van der Waals surface area contributed by atoms with Gasteiger partial charge in [-0.3, -0.25) is 0 Å². The van der Waals surface area contributed by atoms with Gasteiger partial charge in [-0.15, -0.1) is 0 Å². The minimum Gasteiger partial charge on any atom is -0.388 e. The third-order valence-electron chi connectivity index (χ3n) is 2.98. The van der Waals surface area contributed by atoms with Crippen LogP contribution in [0.25, 0.3) is 0 Å². The van der Waals surface area contributed by atoms with E-state index >= 15 is 0 Å². The Morgan fingerprint density at radius 3 is 2.00 bits per heavy atom. The van der Waals surface area contributed by atoms with E-state index in [-0.39, 0.29) is 5.54 Å². The van der Waals surface area contributed by atoms with Crippen LogP contribution in [0, 0.1) is 0 Å². The third-order valence-corrected chi connectivity index (χ3v) is 2.98. The molecule has 0 aromatic carbocycles. The summed E-state index contributed by atoms with van der Waals surface area (Å²) in [4.78, 5) is 0. The molecular formula is C8H18N2O. The molecule has 3 nitrogen and oxygen atoms in total. The van der Waals surface area contributed by atoms with Crippen molar-refractivity contribution in [2.24, 2.45) is 5.73 Å². The maximum Gasteiger partial charge on any atom is 0.0846 e. The Morgan fingerprint density at radius 2 is 1.91 bits per heavy atom. The van der Waals surface area contributed by atoms with Gasteiger partial charge in [0.25, 0.3) is 0 Å². The van der Waals surface area contributed by atoms with E-state index in [4.69, 9.17) is 5.73 Å². The van der Waals surface area contributed by atoms with Crippen LogP contribution in [-0.4, -0.2) is 29.3 Å². The Labute approximate surface area is 68.0 Å². The molecule has 11 heavy (non-hydrogen) atoms. The molecule has 4 N–H and O–H groups in total. The fourth-order valence-electron chi connectivity index (χ4n) is 1.68. The summed E-state index contributed by atoms with van der Waals surface area (Å²) >= 11 is 0. The molecule has 0 radical (unpaired) electrons. The molecule has 1 aliphatic heterocycles. The van der Waals surface area contributed by atoms with Crippen LogP contribution >= 0.6 is 0 Å². The van der Waals surface area contributed by atoms with Crippen molar-refractivity contribution in [2.75, 3.05) is 13.1 Å². The molecule has 1 heterocycles. The summed E-state index contributed by atoms with van der Waals surface area (Å²) in [5.74, 6) is 0. The predicted molar refractivity (Wildman–Crippen MR) is 45.3 cm³/mol. The lowest BCUT2D eigenvalue weighted by molar-refractivity contribution is -0.0640. The van der Waals surface area contributed by atoms with Gasteiger partial charge in [-0.05, 0) is 12.8 Å². The molecule has 0 amide bonds. The number of hydrogen-bond acceptors (Lipinski definition) is 3. The summed E-state index contributed by atoms with van der Waals surface area (Å²) in [6.45, 7) is 5.45. The lowest BCUT2D eigenvalue weighted by Crippen LogP contribution is -2.76. The summed E-state index contributed by atoms with van der Waals surface area (Å²) in [7, 11) is 0. The number of hydrogen-bond donors (Lipinski definition) is 3. The lowest BCUT2D eigenvalue weighted by Gasteiger charge is -2.50. The lowest BCUT2D eigenvalue weighted by atomic mass is 9.73. The van der Waals surface area contributed by atoms with Gasteiger partial charge in [0.1, 0.15) is 0 Å². The molecule has 0 unspecified atom stereocenters. The maximum absolute atomic E-state index is 10.0. The molecule has 0 atom stereocenters. The summed E-state index contributed by atoms with van der Waals surface area (Å²) in [6, 6.07) is 0. The van der Waals surface area contributed by atoms with Crippen LogP contribution in [0.3, 0.4) is 0 Å². The second-order valence-corrected chi connectivity index (χ2v) is 3.50. The minimum absolute atomic E-state index is 0.378. The van der Waals surface area contributed by atoms with Gasteiger partial charge in [-0.1, -0.05) is 13.8 Å². The van der Waals surface area contributed by atoms with E-state index < -0.39 is 5.60 Å². The summed E-state index contributed by atoms with van der Waals surface area (Å²) in [6.07, 6.45) is 1.48. The highest BCUT2D eigenvalue weighted by atomic mass is 16.3. The van der Waals surface area contributed by atoms with Crippen LogP contribution in [-0.2, 0) is 0 Å². The first kappa shape index (κ1) is 8.97. The van der Waals surface area contributed by atoms with Crippen molar-refractivity contribution in [1.29, 1.82) is 0 Å². The molecule has 1 fully saturated rings. The Balaban J connectivity index is 2.67. The van der Waals surface area contributed by atoms with Crippen LogP contribution in [0.5, 0.6) is 0 Å². The van der Waals surface area contributed by atoms with E-state index in [1.807, 2.05) is 13.8 Å². The number of rotatable bonds is 3. The number of aliphatic hydroxyl groups is 1. The summed E-state index contributed by atoms with van der Waals surface area (Å²) in [5.41, 5.74) is 4.94. The SMILES string of the molecule is CCC(O)(CC)C1(N)CNC1. The van der Waals surface area contributed by atoms with Gasteiger partial charge in [-0.2, -0.15) is 0 Å². The Kier molecular flexibility index (Phi) is 2.23. The van der Waals surface area contributed by atoms with E-state index in [1.165, 1.54) is 0 Å². The monoisotopic (exact) mass is 158 g/mol. The van der Waals surface area contributed by atoms with Gasteiger partial charge in [0.2, 0.25) is 0 Å². The third kappa shape index (κ3) is 1.17. The number of nitrogens with two attached hydrogens (primary N) is 1. The van der Waals surface area contributed by atoms with Gasteiger partial charge in [0.05, 0.1) is 11.1 Å². The van der Waals surface area contributed by atoms with Crippen molar-refractivity contribution in [2.45, 2.75) is 37.8 Å². The largest absolute Gasteiger partial charge is 0.388 e. The van der Waals surface area contributed by atoms with Crippen molar-refractivity contribution >= 4 is 0 Å². The number of nitrogens with one attached hydrogen (secondary N) is 1. The highest BCUT2D eigenvalue weighted by molar-refractivity contribution is 5.10. The highest BCUT2D eigenvalue weighted by Crippen LogP contribution is 2.29. The Morgan fingerprint density at radius 1 is 1.45 bits per heavy atom. The average Bonchev–Trinajstić information content (AvgIpc) is 1.98. The first-order valence-corrected chi connectivity index (χ1v) is 4.30. The highest BCUT2D eigenvalue weighted by Gasteiger charge is 2.49. The maximum atomic E-state index is 10.0. The van der Waals surface area contributed by atoms with E-state index in [1.54, 1.807) is 0 Å². The molecule has 1 rings (SSSR count). The van der Waals surface area contributed by atoms with Crippen molar-refractivity contribution in [3.05, 3.63) is 0 Å². The van der Waals surface area contributed by atoms with Crippen molar-refractivity contribution in [1.82, 2.24) is 5.32 Å². The van der Waals surface area contributed by atoms with E-state index in [0.29, 0.717) is 0 Å². The molecule has 1 saturated heterocycles. The first-order valence-electron chi connectivity index (χ1n) is 4.30. The summed E-state index contributed by atoms with van der Waals surface area (Å²) < 4.78 is 0. The van der Waals surface area contributed by atoms with Crippen molar-refractivity contribution in [3.8, 4) is 0 Å². The van der Waals surface area contributed by atoms with Crippen LogP contribution in [0.1, 0.15) is 26.7 Å². The minimum atomic E-state index is -0.668. The zero-order valence-electron chi connectivity index (χ0n) is 7.35. The second-order valence-electron chi connectivity index (χ2n) is 3.50. The van der Waals surface area contributed by atoms with Crippen LogP contribution in [0.4, 0.5) is 0 Å². The molecule has 66 valence electrons. The van der Waals surface area contributed by atoms with E-state index in [9.17, 15) is 5.11 Å². The molecule has 0 aromatic rings. The van der Waals surface area contributed by atoms with Crippen molar-refractivity contribution in [3.63, 3.8) is 0 Å². The fraction of sp³-hybridized carbons (Fsp3) is 1.00. The molecule has 0 aliphatic carbocycles. The smallest absolute Gasteiger partial charge is 0.0846 e. The Hall–Kier alpha value is -0.120. The fourth-order valence-corrected chi connectivity index (χ4v) is 1.68. The van der Waals surface area contributed by atoms with Gasteiger partial charge >= 0.3 is 0 Å². The second kappa shape index (κ2) is 2.73. The van der Waals surface area contributed by atoms with Crippen LogP contribution in [0.15, 0.2) is 0 Å². The Bertz CT molecular complexity index is 139. The normalized spacial score (nSPS) is 22.9. The van der Waals surface area contributed by atoms with Crippen LogP contribution in [0.2, 0.25) is 0 Å². The van der Waals surface area contributed by atoms with E-state index in [0.717, 1.165) is 25.9 Å². The van der Waals surface area contributed by atoms with Crippen LogP contribution < -0.4 is 11.1 Å². The molecule has 0 bridgehead atoms. The zero-order chi connectivity index (χ0) is 8.54. The molecule has 0 spiro atoms. The first-order chi connectivity index (χ1) is 5.08. The standard InChI is InChI=1S/C8H18N2O/c1-3-8(11,4-2)7(9)5-10-6-7/h10-11H,3-6,9H2,1-2H3. The topological polar surface area (TPSA) is 58.3 Å². The van der Waals surface area contributed by atoms with Gasteiger partial charge in [-0.25, -0.2) is 0 Å².